The van der Waals surface area contributed by atoms with Gasteiger partial charge in [0.1, 0.15) is 0 Å². The van der Waals surface area contributed by atoms with Crippen molar-refractivity contribution in [1.29, 1.82) is 0 Å². The van der Waals surface area contributed by atoms with Crippen LogP contribution in [0.5, 0.6) is 0 Å². The number of hydrogen-bond acceptors (Lipinski definition) is 2. The Kier molecular flexibility index (Phi) is 2.17. The van der Waals surface area contributed by atoms with Gasteiger partial charge in [-0.1, -0.05) is 17.7 Å². The molecule has 0 fully saturated rings. The predicted octanol–water partition coefficient (Wildman–Crippen LogP) is 2.43. The van der Waals surface area contributed by atoms with Gasteiger partial charge in [0.05, 0.1) is 5.52 Å². The van der Waals surface area contributed by atoms with Crippen molar-refractivity contribution in [2.24, 2.45) is 0 Å². The number of rotatable bonds is 2. The lowest BCUT2D eigenvalue weighted by molar-refractivity contribution is 0.520. The number of nitrogens with zero attached hydrogens (tertiary/aromatic N) is 1. The lowest BCUT2D eigenvalue weighted by Gasteiger charge is -1.95. The Balaban J connectivity index is 2.76. The summed E-state index contributed by atoms with van der Waals surface area (Å²) in [5, 5.41) is 0.553. The zero-order valence-electron chi connectivity index (χ0n) is 7.37. The standard InChI is InChI=1S/C10H8ClNO2/c1-2-5-12-8-4-3-7(11)6-9(8)14-10(12)13/h2-4,6H,1,5H2. The molecule has 1 heterocycles. The summed E-state index contributed by atoms with van der Waals surface area (Å²) in [6.07, 6.45) is 1.64. The number of oxazole rings is 1. The van der Waals surface area contributed by atoms with Crippen LogP contribution in [0.25, 0.3) is 11.1 Å². The Morgan fingerprint density at radius 3 is 3.07 bits per heavy atom. The van der Waals surface area contributed by atoms with Crippen LogP contribution < -0.4 is 5.76 Å². The van der Waals surface area contributed by atoms with E-state index in [0.717, 1.165) is 5.52 Å². The number of hydrogen-bond donors (Lipinski definition) is 0. The van der Waals surface area contributed by atoms with Gasteiger partial charge in [0.15, 0.2) is 5.58 Å². The molecule has 1 aromatic heterocycles. The van der Waals surface area contributed by atoms with E-state index >= 15 is 0 Å². The van der Waals surface area contributed by atoms with Crippen LogP contribution in [0.1, 0.15) is 0 Å². The first kappa shape index (κ1) is 9.09. The van der Waals surface area contributed by atoms with E-state index in [1.165, 1.54) is 4.57 Å². The summed E-state index contributed by atoms with van der Waals surface area (Å²) in [5.41, 5.74) is 1.24. The van der Waals surface area contributed by atoms with E-state index in [1.807, 2.05) is 0 Å². The molecule has 0 aliphatic carbocycles. The SMILES string of the molecule is C=CCn1c(=O)oc2cc(Cl)ccc21. The average Bonchev–Trinajstić information content (AvgIpc) is 2.43. The molecule has 0 atom stereocenters. The minimum atomic E-state index is -0.387. The highest BCUT2D eigenvalue weighted by Crippen LogP contribution is 2.18. The predicted molar refractivity (Wildman–Crippen MR) is 55.7 cm³/mol. The topological polar surface area (TPSA) is 35.1 Å². The van der Waals surface area contributed by atoms with Crippen LogP contribution in [0.15, 0.2) is 40.1 Å². The van der Waals surface area contributed by atoms with E-state index in [4.69, 9.17) is 16.0 Å². The first-order chi connectivity index (χ1) is 6.72. The molecule has 0 bridgehead atoms. The summed E-state index contributed by atoms with van der Waals surface area (Å²) < 4.78 is 6.51. The second-order valence-corrected chi connectivity index (χ2v) is 3.32. The largest absolute Gasteiger partial charge is 0.420 e. The van der Waals surface area contributed by atoms with Crippen LogP contribution in [-0.4, -0.2) is 4.57 Å². The smallest absolute Gasteiger partial charge is 0.408 e. The zero-order chi connectivity index (χ0) is 10.1. The van der Waals surface area contributed by atoms with Gasteiger partial charge in [0, 0.05) is 17.6 Å². The molecule has 0 radical (unpaired) electrons. The van der Waals surface area contributed by atoms with Gasteiger partial charge in [-0.25, -0.2) is 4.79 Å². The van der Waals surface area contributed by atoms with Crippen LogP contribution in [0.3, 0.4) is 0 Å². The van der Waals surface area contributed by atoms with Gasteiger partial charge in [-0.2, -0.15) is 0 Å². The Hall–Kier alpha value is -1.48. The van der Waals surface area contributed by atoms with Crippen molar-refractivity contribution in [3.05, 3.63) is 46.4 Å². The molecule has 0 amide bonds. The quantitative estimate of drug-likeness (QED) is 0.712. The van der Waals surface area contributed by atoms with Crippen molar-refractivity contribution in [3.63, 3.8) is 0 Å². The van der Waals surface area contributed by atoms with Crippen molar-refractivity contribution in [3.8, 4) is 0 Å². The maximum Gasteiger partial charge on any atom is 0.420 e. The highest BCUT2D eigenvalue weighted by atomic mass is 35.5. The first-order valence-electron chi connectivity index (χ1n) is 4.12. The van der Waals surface area contributed by atoms with Crippen LogP contribution in [0, 0.1) is 0 Å². The van der Waals surface area contributed by atoms with E-state index in [2.05, 4.69) is 6.58 Å². The second-order valence-electron chi connectivity index (χ2n) is 2.88. The van der Waals surface area contributed by atoms with E-state index in [1.54, 1.807) is 24.3 Å². The molecular weight excluding hydrogens is 202 g/mol. The third-order valence-electron chi connectivity index (χ3n) is 1.94. The molecule has 0 unspecified atom stereocenters. The third kappa shape index (κ3) is 1.36. The minimum Gasteiger partial charge on any atom is -0.408 e. The molecule has 0 spiro atoms. The van der Waals surface area contributed by atoms with E-state index < -0.39 is 0 Å². The highest BCUT2D eigenvalue weighted by molar-refractivity contribution is 6.31. The molecule has 0 aliphatic heterocycles. The Bertz CT molecular complexity index is 539. The summed E-state index contributed by atoms with van der Waals surface area (Å²) >= 11 is 5.77. The molecule has 0 saturated carbocycles. The lowest BCUT2D eigenvalue weighted by Crippen LogP contribution is -2.12. The van der Waals surface area contributed by atoms with Gasteiger partial charge in [0.25, 0.3) is 0 Å². The van der Waals surface area contributed by atoms with Crippen molar-refractivity contribution < 1.29 is 4.42 Å². The molecule has 1 aromatic carbocycles. The van der Waals surface area contributed by atoms with Gasteiger partial charge in [0.2, 0.25) is 0 Å². The van der Waals surface area contributed by atoms with Crippen LogP contribution >= 0.6 is 11.6 Å². The van der Waals surface area contributed by atoms with Crippen molar-refractivity contribution in [2.45, 2.75) is 6.54 Å². The summed E-state index contributed by atoms with van der Waals surface area (Å²) in [5.74, 6) is -0.387. The van der Waals surface area contributed by atoms with E-state index in [-0.39, 0.29) is 5.76 Å². The summed E-state index contributed by atoms with van der Waals surface area (Å²) in [7, 11) is 0. The fourth-order valence-corrected chi connectivity index (χ4v) is 1.50. The van der Waals surface area contributed by atoms with Crippen LogP contribution in [0.2, 0.25) is 5.02 Å². The first-order valence-corrected chi connectivity index (χ1v) is 4.50. The van der Waals surface area contributed by atoms with Crippen molar-refractivity contribution in [1.82, 2.24) is 4.57 Å². The number of fused-ring (bicyclic) bond motifs is 1. The Morgan fingerprint density at radius 2 is 2.36 bits per heavy atom. The molecular formula is C10H8ClNO2. The monoisotopic (exact) mass is 209 g/mol. The molecule has 72 valence electrons. The zero-order valence-corrected chi connectivity index (χ0v) is 8.12. The minimum absolute atomic E-state index is 0.387. The number of aromatic nitrogens is 1. The normalized spacial score (nSPS) is 10.6. The Labute approximate surface area is 85.2 Å². The van der Waals surface area contributed by atoms with Gasteiger partial charge >= 0.3 is 5.76 Å². The van der Waals surface area contributed by atoms with Gasteiger partial charge in [-0.15, -0.1) is 6.58 Å². The molecule has 4 heteroatoms. The van der Waals surface area contributed by atoms with Crippen LogP contribution in [0.4, 0.5) is 0 Å². The van der Waals surface area contributed by atoms with Gasteiger partial charge in [-0.05, 0) is 12.1 Å². The summed E-state index contributed by atoms with van der Waals surface area (Å²) in [6.45, 7) is 4.01. The molecule has 14 heavy (non-hydrogen) atoms. The van der Waals surface area contributed by atoms with Crippen LogP contribution in [-0.2, 0) is 6.54 Å². The second kappa shape index (κ2) is 3.35. The van der Waals surface area contributed by atoms with Gasteiger partial charge in [-0.3, -0.25) is 4.57 Å². The highest BCUT2D eigenvalue weighted by Gasteiger charge is 2.07. The molecule has 0 aliphatic rings. The number of benzene rings is 1. The van der Waals surface area contributed by atoms with Gasteiger partial charge < -0.3 is 4.42 Å². The summed E-state index contributed by atoms with van der Waals surface area (Å²) in [6, 6.07) is 5.10. The Morgan fingerprint density at radius 1 is 1.57 bits per heavy atom. The maximum atomic E-state index is 11.3. The maximum absolute atomic E-state index is 11.3. The summed E-state index contributed by atoms with van der Waals surface area (Å²) in [4.78, 5) is 11.3. The number of halogens is 1. The third-order valence-corrected chi connectivity index (χ3v) is 2.18. The molecule has 3 nitrogen and oxygen atoms in total. The molecule has 2 aromatic rings. The average molecular weight is 210 g/mol. The molecule has 0 saturated heterocycles. The molecule has 0 N–H and O–H groups in total. The number of allylic oxidation sites excluding steroid dienone is 1. The fraction of sp³-hybridized carbons (Fsp3) is 0.100. The fourth-order valence-electron chi connectivity index (χ4n) is 1.34. The van der Waals surface area contributed by atoms with E-state index in [9.17, 15) is 4.79 Å². The van der Waals surface area contributed by atoms with Crippen molar-refractivity contribution in [2.75, 3.05) is 0 Å². The van der Waals surface area contributed by atoms with Crippen molar-refractivity contribution >= 4 is 22.7 Å². The molecule has 2 rings (SSSR count). The van der Waals surface area contributed by atoms with E-state index in [0.29, 0.717) is 17.2 Å². The lowest BCUT2D eigenvalue weighted by atomic mass is 10.3.